The van der Waals surface area contributed by atoms with E-state index in [0.717, 1.165) is 186 Å². The van der Waals surface area contributed by atoms with Crippen LogP contribution in [0.5, 0.6) is 0 Å². The number of hydrogen-bond donors (Lipinski definition) is 7. The molecule has 3 aromatic carbocycles. The first kappa shape index (κ1) is 51.9. The summed E-state index contributed by atoms with van der Waals surface area (Å²) in [5, 5.41) is 6.97. The highest BCUT2D eigenvalue weighted by Crippen LogP contribution is 2.37. The van der Waals surface area contributed by atoms with Gasteiger partial charge in [0.1, 0.15) is 34.0 Å². The molecule has 0 bridgehead atoms. The fraction of sp³-hybridized carbons (Fsp3) is 0.344. The molecular formula is C64H70N16O2. The number of nitrogens with one attached hydrogen (secondary N) is 7. The van der Waals surface area contributed by atoms with Crippen molar-refractivity contribution in [1.82, 2.24) is 74.5 Å². The van der Waals surface area contributed by atoms with Gasteiger partial charge >= 0.3 is 0 Å². The van der Waals surface area contributed by atoms with Crippen molar-refractivity contribution in [2.45, 2.75) is 78.0 Å². The minimum atomic E-state index is 0.445. The summed E-state index contributed by atoms with van der Waals surface area (Å²) < 4.78 is 11.3. The van der Waals surface area contributed by atoms with Gasteiger partial charge in [0.2, 0.25) is 5.95 Å². The van der Waals surface area contributed by atoms with E-state index in [1.54, 1.807) is 0 Å². The first-order valence-corrected chi connectivity index (χ1v) is 29.0. The molecule has 14 rings (SSSR count). The predicted molar refractivity (Wildman–Crippen MR) is 326 cm³/mol. The Morgan fingerprint density at radius 2 is 1.24 bits per heavy atom. The smallest absolute Gasteiger partial charge is 0.208 e. The van der Waals surface area contributed by atoms with Crippen LogP contribution < -0.4 is 5.32 Å². The van der Waals surface area contributed by atoms with Gasteiger partial charge in [-0.15, -0.1) is 0 Å². The van der Waals surface area contributed by atoms with Crippen LogP contribution >= 0.6 is 0 Å². The molecule has 11 heterocycles. The molecule has 82 heavy (non-hydrogen) atoms. The summed E-state index contributed by atoms with van der Waals surface area (Å²) in [5.74, 6) is 3.32. The topological polar surface area (TPSA) is 212 Å². The van der Waals surface area contributed by atoms with Crippen LogP contribution in [-0.4, -0.2) is 141 Å². The number of anilines is 2. The summed E-state index contributed by atoms with van der Waals surface area (Å²) in [6.45, 7) is 12.3. The van der Waals surface area contributed by atoms with Gasteiger partial charge in [-0.05, 0) is 156 Å². The van der Waals surface area contributed by atoms with E-state index in [4.69, 9.17) is 39.4 Å². The summed E-state index contributed by atoms with van der Waals surface area (Å²) in [5.41, 5.74) is 18.0. The lowest BCUT2D eigenvalue weighted by molar-refractivity contribution is 0.0407. The summed E-state index contributed by atoms with van der Waals surface area (Å²) in [6.07, 6.45) is 9.73. The highest BCUT2D eigenvalue weighted by Gasteiger charge is 2.24. The molecule has 0 amide bonds. The van der Waals surface area contributed by atoms with Crippen molar-refractivity contribution in [3.8, 4) is 33.8 Å². The monoisotopic (exact) mass is 1090 g/mol. The van der Waals surface area contributed by atoms with Crippen molar-refractivity contribution in [3.63, 3.8) is 0 Å². The van der Waals surface area contributed by atoms with Gasteiger partial charge in [-0.1, -0.05) is 31.2 Å². The third-order valence-electron chi connectivity index (χ3n) is 16.8. The molecule has 18 nitrogen and oxygen atoms in total. The lowest BCUT2D eigenvalue weighted by Gasteiger charge is -2.31. The molecule has 2 aliphatic heterocycles. The zero-order valence-corrected chi connectivity index (χ0v) is 47.3. The number of aromatic amines is 6. The molecule has 2 aliphatic rings. The van der Waals surface area contributed by atoms with Crippen LogP contribution in [0, 0.1) is 12.8 Å². The molecular weight excluding hydrogens is 1020 g/mol. The Hall–Kier alpha value is -8.26. The molecule has 0 radical (unpaired) electrons. The van der Waals surface area contributed by atoms with Gasteiger partial charge in [-0.25, -0.2) is 29.9 Å². The summed E-state index contributed by atoms with van der Waals surface area (Å²) in [6, 6.07) is 31.4. The maximum absolute atomic E-state index is 5.65. The van der Waals surface area contributed by atoms with Crippen LogP contribution in [-0.2, 0) is 35.5 Å². The van der Waals surface area contributed by atoms with Gasteiger partial charge in [-0.2, -0.15) is 0 Å². The third-order valence-corrected chi connectivity index (χ3v) is 16.8. The fourth-order valence-electron chi connectivity index (χ4n) is 12.7. The number of nitrogens with zero attached hydrogens (tertiary/aromatic N) is 9. The van der Waals surface area contributed by atoms with Gasteiger partial charge in [0, 0.05) is 144 Å². The molecule has 0 aliphatic carbocycles. The second-order valence-electron chi connectivity index (χ2n) is 23.1. The van der Waals surface area contributed by atoms with Crippen LogP contribution in [0.1, 0.15) is 72.9 Å². The van der Waals surface area contributed by atoms with Crippen LogP contribution in [0.2, 0.25) is 0 Å². The molecule has 2 fully saturated rings. The van der Waals surface area contributed by atoms with E-state index in [2.05, 4.69) is 151 Å². The Morgan fingerprint density at radius 3 is 2.05 bits per heavy atom. The molecule has 9 aromatic heterocycles. The SMILES string of the molecule is CCCN(C)Cc1ccc2cc(-c3cc(Nc4nc5c(-c6cc7cc(CN(C)CC8CCOCC8)ccc7[nH]6)c(Cc6nc7c(-c8cc9cc(CN(C)C%10CCOCC%10)ccc9[nH]8)ccnc7[nH]6)cnc5[nH]4)nc4[nH]c(C)nc34)[nH]c2c1. The number of hydrogen-bond acceptors (Lipinski definition) is 12. The van der Waals surface area contributed by atoms with Gasteiger partial charge in [0.15, 0.2) is 16.9 Å². The van der Waals surface area contributed by atoms with Crippen molar-refractivity contribution < 1.29 is 9.47 Å². The van der Waals surface area contributed by atoms with E-state index in [0.29, 0.717) is 47.0 Å². The second kappa shape index (κ2) is 21.9. The van der Waals surface area contributed by atoms with E-state index >= 15 is 0 Å². The highest BCUT2D eigenvalue weighted by atomic mass is 16.5. The number of pyridine rings is 3. The first-order valence-electron chi connectivity index (χ1n) is 29.0. The molecule has 7 N–H and O–H groups in total. The van der Waals surface area contributed by atoms with Crippen molar-refractivity contribution >= 4 is 78.0 Å². The molecule has 0 spiro atoms. The van der Waals surface area contributed by atoms with Gasteiger partial charge in [0.05, 0.1) is 0 Å². The van der Waals surface area contributed by atoms with Crippen LogP contribution in [0.4, 0.5) is 11.8 Å². The molecule has 0 atom stereocenters. The predicted octanol–water partition coefficient (Wildman–Crippen LogP) is 11.9. The quantitative estimate of drug-likeness (QED) is 0.0428. The average molecular weight is 1100 g/mol. The molecule has 418 valence electrons. The van der Waals surface area contributed by atoms with E-state index in [9.17, 15) is 0 Å². The zero-order chi connectivity index (χ0) is 55.4. The van der Waals surface area contributed by atoms with Crippen molar-refractivity contribution in [3.05, 3.63) is 131 Å². The summed E-state index contributed by atoms with van der Waals surface area (Å²) in [7, 11) is 6.62. The van der Waals surface area contributed by atoms with E-state index < -0.39 is 0 Å². The Morgan fingerprint density at radius 1 is 0.573 bits per heavy atom. The maximum atomic E-state index is 5.65. The molecule has 12 aromatic rings. The number of aryl methyl sites for hydroxylation is 1. The summed E-state index contributed by atoms with van der Waals surface area (Å²) in [4.78, 5) is 59.3. The largest absolute Gasteiger partial charge is 0.381 e. The number of rotatable bonds is 18. The number of ether oxygens (including phenoxy) is 2. The number of H-pyrrole nitrogens is 6. The number of fused-ring (bicyclic) bond motifs is 6. The Balaban J connectivity index is 0.802. The first-order chi connectivity index (χ1) is 40.1. The van der Waals surface area contributed by atoms with E-state index in [1.807, 2.05) is 31.5 Å². The molecule has 18 heteroatoms. The molecule has 0 saturated carbocycles. The third kappa shape index (κ3) is 10.5. The van der Waals surface area contributed by atoms with Crippen LogP contribution in [0.3, 0.4) is 0 Å². The minimum Gasteiger partial charge on any atom is -0.381 e. The lowest BCUT2D eigenvalue weighted by atomic mass is 9.99. The number of imidazole rings is 3. The zero-order valence-electron chi connectivity index (χ0n) is 47.3. The Labute approximate surface area is 474 Å². The summed E-state index contributed by atoms with van der Waals surface area (Å²) >= 11 is 0. The normalized spacial score (nSPS) is 15.0. The average Bonchev–Trinajstić information content (AvgIpc) is 3.74. The van der Waals surface area contributed by atoms with Crippen molar-refractivity contribution in [2.75, 3.05) is 66.0 Å². The lowest BCUT2D eigenvalue weighted by Crippen LogP contribution is -2.36. The standard InChI is InChI=1S/C64H70N16O2/c1-6-19-78(3)34-41-7-10-42-27-53(71-51(42)26-41)48-31-56(74-63-59(48)67-37(2)68-63)75-64-76-60-57(54-29-44-24-39(8-11-50(44)70-54)35-79(4)33-38-14-20-81-21-15-38)45(32-66-62(60)77-64)30-55-72-58-47(13-18-65-61(58)73-55)52-28-43-25-40(9-12-49(43)69-52)36-80(5)46-16-22-82-23-17-46/h7-13,18,24-29,31-32,38,46,69-71H,6,14-17,19-23,30,33-36H2,1-5H3,(H,65,72,73)(H3,66,67,68,74,75,76,77). The van der Waals surface area contributed by atoms with Crippen molar-refractivity contribution in [2.24, 2.45) is 5.92 Å². The van der Waals surface area contributed by atoms with Gasteiger partial charge in [0.25, 0.3) is 0 Å². The van der Waals surface area contributed by atoms with Gasteiger partial charge in [-0.3, -0.25) is 4.90 Å². The van der Waals surface area contributed by atoms with E-state index in [1.165, 1.54) is 22.1 Å². The highest BCUT2D eigenvalue weighted by molar-refractivity contribution is 5.99. The minimum absolute atomic E-state index is 0.445. The van der Waals surface area contributed by atoms with Crippen molar-refractivity contribution in [1.29, 1.82) is 0 Å². The Bertz CT molecular complexity index is 4280. The maximum Gasteiger partial charge on any atom is 0.208 e. The van der Waals surface area contributed by atoms with E-state index in [-0.39, 0.29) is 0 Å². The Kier molecular flexibility index (Phi) is 13.9. The van der Waals surface area contributed by atoms with Crippen LogP contribution in [0.15, 0.2) is 97.3 Å². The second-order valence-corrected chi connectivity index (χ2v) is 23.1. The van der Waals surface area contributed by atoms with Crippen LogP contribution in [0.25, 0.3) is 100.0 Å². The molecule has 2 saturated heterocycles. The fourth-order valence-corrected chi connectivity index (χ4v) is 12.7. The molecule has 0 unspecified atom stereocenters. The number of benzene rings is 3. The number of aromatic nitrogens is 12. The van der Waals surface area contributed by atoms with Gasteiger partial charge < -0.3 is 54.5 Å².